The summed E-state index contributed by atoms with van der Waals surface area (Å²) >= 11 is 0. The summed E-state index contributed by atoms with van der Waals surface area (Å²) in [5.41, 5.74) is 0.924. The molecule has 0 aromatic heterocycles. The minimum Gasteiger partial charge on any atom is -0.484 e. The predicted octanol–water partition coefficient (Wildman–Crippen LogP) is 5.08. The number of aryl methyl sites for hydroxylation is 1. The van der Waals surface area contributed by atoms with E-state index in [2.05, 4.69) is 10.6 Å². The summed E-state index contributed by atoms with van der Waals surface area (Å²) < 4.78 is 16.3. The Morgan fingerprint density at radius 3 is 2.00 bits per heavy atom. The average Bonchev–Trinajstić information content (AvgIpc) is 2.84. The smallest absolute Gasteiger partial charge is 0.410 e. The van der Waals surface area contributed by atoms with Crippen LogP contribution in [0.1, 0.15) is 59.1 Å². The van der Waals surface area contributed by atoms with E-state index in [0.717, 1.165) is 24.0 Å². The van der Waals surface area contributed by atoms with Crippen molar-refractivity contribution in [2.24, 2.45) is 0 Å². The fourth-order valence-corrected chi connectivity index (χ4v) is 3.45. The van der Waals surface area contributed by atoms with Gasteiger partial charge in [-0.1, -0.05) is 42.5 Å². The highest BCUT2D eigenvalue weighted by Gasteiger charge is 2.22. The first-order valence-electron chi connectivity index (χ1n) is 13.3. The molecular weight excluding hydrogens is 498 g/mol. The van der Waals surface area contributed by atoms with Crippen molar-refractivity contribution >= 4 is 18.1 Å². The molecule has 0 aliphatic heterocycles. The number of carbonyl (C=O) groups is 3. The first-order valence-corrected chi connectivity index (χ1v) is 13.3. The van der Waals surface area contributed by atoms with Gasteiger partial charge in [-0.25, -0.2) is 9.59 Å². The maximum atomic E-state index is 12.8. The lowest BCUT2D eigenvalue weighted by Crippen LogP contribution is -2.42. The summed E-state index contributed by atoms with van der Waals surface area (Å²) in [7, 11) is 0. The summed E-state index contributed by atoms with van der Waals surface area (Å²) in [4.78, 5) is 38.4. The van der Waals surface area contributed by atoms with Gasteiger partial charge in [-0.2, -0.15) is 0 Å². The molecule has 2 N–H and O–H groups in total. The summed E-state index contributed by atoms with van der Waals surface area (Å²) in [6.07, 6.45) is 0.616. The van der Waals surface area contributed by atoms with Crippen molar-refractivity contribution in [2.45, 2.75) is 72.1 Å². The van der Waals surface area contributed by atoms with Gasteiger partial charge < -0.3 is 29.7 Å². The minimum atomic E-state index is -0.620. The Labute approximate surface area is 232 Å². The third kappa shape index (κ3) is 14.1. The Hall–Kier alpha value is -3.75. The molecule has 0 spiro atoms. The van der Waals surface area contributed by atoms with E-state index in [1.807, 2.05) is 84.0 Å². The predicted molar refractivity (Wildman–Crippen MR) is 151 cm³/mol. The molecule has 0 atom stereocenters. The van der Waals surface area contributed by atoms with Crippen LogP contribution in [0.2, 0.25) is 0 Å². The summed E-state index contributed by atoms with van der Waals surface area (Å²) in [5.74, 6) is 0.361. The molecule has 9 nitrogen and oxygen atoms in total. The third-order valence-electron chi connectivity index (χ3n) is 5.22. The molecule has 0 unspecified atom stereocenters. The van der Waals surface area contributed by atoms with Crippen LogP contribution in [0.5, 0.6) is 5.75 Å². The Balaban J connectivity index is 1.80. The second kappa shape index (κ2) is 15.0. The Kier molecular flexibility index (Phi) is 12.1. The lowest BCUT2D eigenvalue weighted by atomic mass is 10.1. The molecule has 214 valence electrons. The van der Waals surface area contributed by atoms with Gasteiger partial charge in [-0.15, -0.1) is 0 Å². The van der Waals surface area contributed by atoms with Crippen LogP contribution in [0.4, 0.5) is 9.59 Å². The van der Waals surface area contributed by atoms with Crippen molar-refractivity contribution in [3.05, 3.63) is 65.7 Å². The second-order valence-corrected chi connectivity index (χ2v) is 11.2. The van der Waals surface area contributed by atoms with E-state index in [1.165, 1.54) is 0 Å². The second-order valence-electron chi connectivity index (χ2n) is 11.2. The summed E-state index contributed by atoms with van der Waals surface area (Å²) in [5, 5.41) is 5.55. The molecule has 0 aliphatic rings. The van der Waals surface area contributed by atoms with E-state index in [9.17, 15) is 14.4 Å². The summed E-state index contributed by atoms with van der Waals surface area (Å²) in [6, 6.07) is 17.1. The van der Waals surface area contributed by atoms with Crippen molar-refractivity contribution in [1.82, 2.24) is 15.5 Å². The molecule has 0 saturated carbocycles. The first-order chi connectivity index (χ1) is 18.3. The van der Waals surface area contributed by atoms with Crippen molar-refractivity contribution in [3.8, 4) is 5.75 Å². The third-order valence-corrected chi connectivity index (χ3v) is 5.22. The van der Waals surface area contributed by atoms with Crippen molar-refractivity contribution in [3.63, 3.8) is 0 Å². The number of para-hydroxylation sites is 1. The van der Waals surface area contributed by atoms with E-state index in [-0.39, 0.29) is 19.1 Å². The molecule has 2 aromatic carbocycles. The number of alkyl carbamates (subject to hydrolysis) is 1. The van der Waals surface area contributed by atoms with Crippen LogP contribution >= 0.6 is 0 Å². The zero-order valence-corrected chi connectivity index (χ0v) is 24.0. The van der Waals surface area contributed by atoms with Crippen molar-refractivity contribution < 1.29 is 28.6 Å². The zero-order valence-electron chi connectivity index (χ0n) is 24.0. The van der Waals surface area contributed by atoms with E-state index in [0.29, 0.717) is 25.4 Å². The van der Waals surface area contributed by atoms with E-state index >= 15 is 0 Å². The monoisotopic (exact) mass is 541 g/mol. The maximum absolute atomic E-state index is 12.8. The standard InChI is InChI=1S/C30H43N3O6/c1-29(2,3)38-27(35)32-21-24-16-14-23(15-17-24)11-10-19-33(28(36)39-30(4,5)6)20-18-31-26(34)22-37-25-12-8-7-9-13-25/h7-9,12-17H,10-11,18-22H2,1-6H3,(H,31,34)(H,32,35). The Bertz CT molecular complexity index is 1040. The van der Waals surface area contributed by atoms with E-state index in [4.69, 9.17) is 14.2 Å². The van der Waals surface area contributed by atoms with Gasteiger partial charge in [-0.3, -0.25) is 4.79 Å². The highest BCUT2D eigenvalue weighted by molar-refractivity contribution is 5.77. The SMILES string of the molecule is CC(C)(C)OC(=O)NCc1ccc(CCCN(CCNC(=O)COc2ccccc2)C(=O)OC(C)(C)C)cc1. The van der Waals surface area contributed by atoms with Gasteiger partial charge in [0.15, 0.2) is 6.61 Å². The van der Waals surface area contributed by atoms with Crippen molar-refractivity contribution in [2.75, 3.05) is 26.2 Å². The molecule has 0 aliphatic carbocycles. The zero-order chi connectivity index (χ0) is 28.9. The molecule has 0 fully saturated rings. The molecular formula is C30H43N3O6. The minimum absolute atomic E-state index is 0.0975. The van der Waals surface area contributed by atoms with Gasteiger partial charge in [0.05, 0.1) is 0 Å². The highest BCUT2D eigenvalue weighted by Crippen LogP contribution is 2.13. The quantitative estimate of drug-likeness (QED) is 0.388. The van der Waals surface area contributed by atoms with Gasteiger partial charge in [0.25, 0.3) is 5.91 Å². The van der Waals surface area contributed by atoms with Crippen LogP contribution < -0.4 is 15.4 Å². The fraction of sp³-hybridized carbons (Fsp3) is 0.500. The number of ether oxygens (including phenoxy) is 3. The average molecular weight is 542 g/mol. The number of rotatable bonds is 12. The number of nitrogens with zero attached hydrogens (tertiary/aromatic N) is 1. The fourth-order valence-electron chi connectivity index (χ4n) is 3.45. The highest BCUT2D eigenvalue weighted by atomic mass is 16.6. The summed E-state index contributed by atoms with van der Waals surface area (Å²) in [6.45, 7) is 12.3. The molecule has 2 rings (SSSR count). The lowest BCUT2D eigenvalue weighted by Gasteiger charge is -2.27. The molecule has 2 aromatic rings. The van der Waals surface area contributed by atoms with Crippen molar-refractivity contribution in [1.29, 1.82) is 0 Å². The molecule has 0 bridgehead atoms. The Morgan fingerprint density at radius 2 is 1.38 bits per heavy atom. The number of amides is 3. The normalized spacial score (nSPS) is 11.3. The van der Waals surface area contributed by atoms with Crippen LogP contribution in [0.15, 0.2) is 54.6 Å². The van der Waals surface area contributed by atoms with E-state index in [1.54, 1.807) is 17.0 Å². The molecule has 0 radical (unpaired) electrons. The van der Waals surface area contributed by atoms with Crippen LogP contribution in [0.3, 0.4) is 0 Å². The Morgan fingerprint density at radius 1 is 0.769 bits per heavy atom. The first kappa shape index (κ1) is 31.5. The molecule has 9 heteroatoms. The number of nitrogens with one attached hydrogen (secondary N) is 2. The van der Waals surface area contributed by atoms with Crippen LogP contribution in [-0.4, -0.2) is 60.4 Å². The largest absolute Gasteiger partial charge is 0.484 e. The van der Waals surface area contributed by atoms with Gasteiger partial charge >= 0.3 is 12.2 Å². The molecule has 0 saturated heterocycles. The number of hydrogen-bond acceptors (Lipinski definition) is 6. The van der Waals surface area contributed by atoms with Gasteiger partial charge in [0, 0.05) is 26.2 Å². The molecule has 0 heterocycles. The molecule has 3 amide bonds. The number of benzene rings is 2. The van der Waals surface area contributed by atoms with Crippen LogP contribution in [0, 0.1) is 0 Å². The topological polar surface area (TPSA) is 106 Å². The number of hydrogen-bond donors (Lipinski definition) is 2. The van der Waals surface area contributed by atoms with Crippen LogP contribution in [0.25, 0.3) is 0 Å². The molecule has 39 heavy (non-hydrogen) atoms. The van der Waals surface area contributed by atoms with Gasteiger partial charge in [0.2, 0.25) is 0 Å². The van der Waals surface area contributed by atoms with Crippen LogP contribution in [-0.2, 0) is 27.2 Å². The maximum Gasteiger partial charge on any atom is 0.410 e. The lowest BCUT2D eigenvalue weighted by molar-refractivity contribution is -0.123. The number of carbonyl (C=O) groups excluding carboxylic acids is 3. The van der Waals surface area contributed by atoms with Gasteiger partial charge in [0.1, 0.15) is 17.0 Å². The van der Waals surface area contributed by atoms with Gasteiger partial charge in [-0.05, 0) is 77.6 Å². The van der Waals surface area contributed by atoms with E-state index < -0.39 is 23.4 Å².